The van der Waals surface area contributed by atoms with E-state index >= 15 is 0 Å². The molecule has 92 valence electrons. The number of ether oxygens (including phenoxy) is 1. The normalized spacial score (nSPS) is 17.2. The Balaban J connectivity index is 2.40. The van der Waals surface area contributed by atoms with E-state index in [2.05, 4.69) is 37.8 Å². The largest absolute Gasteiger partial charge is 0.484 e. The number of fused-ring (bicyclic) bond motifs is 1. The molecule has 0 bridgehead atoms. The van der Waals surface area contributed by atoms with Gasteiger partial charge in [-0.15, -0.1) is 0 Å². The molecule has 2 N–H and O–H groups in total. The lowest BCUT2D eigenvalue weighted by Gasteiger charge is -2.40. The first-order valence-electron chi connectivity index (χ1n) is 5.70. The molecule has 1 aromatic rings. The van der Waals surface area contributed by atoms with Gasteiger partial charge in [0.05, 0.1) is 23.8 Å². The predicted molar refractivity (Wildman–Crippen MR) is 74.9 cm³/mol. The zero-order chi connectivity index (χ0) is 12.6. The zero-order valence-corrected chi connectivity index (χ0v) is 11.3. The highest BCUT2D eigenvalue weighted by molar-refractivity contribution is 7.80. The van der Waals surface area contributed by atoms with Crippen LogP contribution in [-0.2, 0) is 0 Å². The van der Waals surface area contributed by atoms with Crippen molar-refractivity contribution in [3.63, 3.8) is 0 Å². The van der Waals surface area contributed by atoms with Crippen molar-refractivity contribution in [2.24, 2.45) is 5.73 Å². The Labute approximate surface area is 108 Å². The maximum absolute atomic E-state index is 5.96. The second kappa shape index (κ2) is 4.18. The molecule has 3 nitrogen and oxygen atoms in total. The summed E-state index contributed by atoms with van der Waals surface area (Å²) in [6.45, 7) is 7.60. The van der Waals surface area contributed by atoms with Gasteiger partial charge in [-0.25, -0.2) is 0 Å². The molecule has 2 rings (SSSR count). The minimum absolute atomic E-state index is 0.215. The molecular formula is C13H18N2OS. The molecule has 4 heteroatoms. The van der Waals surface area contributed by atoms with Gasteiger partial charge in [-0.2, -0.15) is 0 Å². The molecule has 17 heavy (non-hydrogen) atoms. The summed E-state index contributed by atoms with van der Waals surface area (Å²) >= 11 is 5.01. The summed E-state index contributed by atoms with van der Waals surface area (Å²) in [7, 11) is 0. The topological polar surface area (TPSA) is 38.5 Å². The molecule has 1 heterocycles. The second-order valence-electron chi connectivity index (χ2n) is 5.16. The summed E-state index contributed by atoms with van der Waals surface area (Å²) in [5.74, 6) is 0.906. The summed E-state index contributed by atoms with van der Waals surface area (Å²) < 4.78 is 5.96. The minimum atomic E-state index is -0.215. The van der Waals surface area contributed by atoms with Crippen molar-refractivity contribution in [1.82, 2.24) is 0 Å². The van der Waals surface area contributed by atoms with Gasteiger partial charge in [0.1, 0.15) is 11.4 Å². The first kappa shape index (κ1) is 12.2. The van der Waals surface area contributed by atoms with Crippen LogP contribution in [0.25, 0.3) is 0 Å². The van der Waals surface area contributed by atoms with Crippen molar-refractivity contribution in [2.45, 2.75) is 26.4 Å². The third kappa shape index (κ3) is 2.69. The standard InChI is InChI=1S/C13H18N2OS/c1-9-4-5-11-10(6-9)15(7-12(14)17)8-13(2,3)16-11/h4-6H,7-8H2,1-3H3,(H2,14,17). The predicted octanol–water partition coefficient (Wildman–Crippen LogP) is 2.26. The van der Waals surface area contributed by atoms with E-state index in [0.717, 1.165) is 18.0 Å². The second-order valence-corrected chi connectivity index (χ2v) is 5.68. The summed E-state index contributed by atoms with van der Waals surface area (Å²) in [6.07, 6.45) is 0. The quantitative estimate of drug-likeness (QED) is 0.817. The fourth-order valence-corrected chi connectivity index (χ4v) is 2.32. The van der Waals surface area contributed by atoms with Crippen LogP contribution in [-0.4, -0.2) is 23.7 Å². The highest BCUT2D eigenvalue weighted by atomic mass is 32.1. The summed E-state index contributed by atoms with van der Waals surface area (Å²) in [6, 6.07) is 6.18. The fourth-order valence-electron chi connectivity index (χ4n) is 2.16. The van der Waals surface area contributed by atoms with Crippen molar-refractivity contribution in [1.29, 1.82) is 0 Å². The first-order chi connectivity index (χ1) is 7.87. The Morgan fingerprint density at radius 3 is 2.88 bits per heavy atom. The number of hydrogen-bond donors (Lipinski definition) is 1. The van der Waals surface area contributed by atoms with Crippen LogP contribution in [0.5, 0.6) is 5.75 Å². The number of nitrogens with two attached hydrogens (primary N) is 1. The van der Waals surface area contributed by atoms with E-state index in [1.165, 1.54) is 5.56 Å². The summed E-state index contributed by atoms with van der Waals surface area (Å²) in [5.41, 5.74) is 7.73. The minimum Gasteiger partial charge on any atom is -0.484 e. The number of nitrogens with zero attached hydrogens (tertiary/aromatic N) is 1. The van der Waals surface area contributed by atoms with Crippen LogP contribution in [0.2, 0.25) is 0 Å². The molecule has 0 saturated carbocycles. The lowest BCUT2D eigenvalue weighted by Crippen LogP contribution is -2.49. The molecule has 0 aliphatic carbocycles. The first-order valence-corrected chi connectivity index (χ1v) is 6.11. The number of anilines is 1. The lowest BCUT2D eigenvalue weighted by molar-refractivity contribution is 0.106. The fraction of sp³-hybridized carbons (Fsp3) is 0.462. The maximum Gasteiger partial charge on any atom is 0.143 e. The highest BCUT2D eigenvalue weighted by Crippen LogP contribution is 2.37. The Morgan fingerprint density at radius 2 is 2.24 bits per heavy atom. The van der Waals surface area contributed by atoms with Crippen LogP contribution in [0, 0.1) is 6.92 Å². The molecule has 0 fully saturated rings. The van der Waals surface area contributed by atoms with Gasteiger partial charge in [-0.3, -0.25) is 0 Å². The Morgan fingerprint density at radius 1 is 1.53 bits per heavy atom. The molecule has 0 radical (unpaired) electrons. The smallest absolute Gasteiger partial charge is 0.143 e. The van der Waals surface area contributed by atoms with Crippen LogP contribution >= 0.6 is 12.2 Å². The van der Waals surface area contributed by atoms with Gasteiger partial charge in [0.15, 0.2) is 0 Å². The van der Waals surface area contributed by atoms with Gasteiger partial charge in [-0.1, -0.05) is 18.3 Å². The number of hydrogen-bond acceptors (Lipinski definition) is 3. The van der Waals surface area contributed by atoms with Crippen molar-refractivity contribution in [3.05, 3.63) is 23.8 Å². The maximum atomic E-state index is 5.96. The molecule has 1 aromatic carbocycles. The van der Waals surface area contributed by atoms with E-state index in [1.54, 1.807) is 0 Å². The van der Waals surface area contributed by atoms with Crippen LogP contribution < -0.4 is 15.4 Å². The van der Waals surface area contributed by atoms with Crippen molar-refractivity contribution < 1.29 is 4.74 Å². The highest BCUT2D eigenvalue weighted by Gasteiger charge is 2.31. The van der Waals surface area contributed by atoms with Crippen LogP contribution in [0.3, 0.4) is 0 Å². The van der Waals surface area contributed by atoms with Crippen molar-refractivity contribution in [2.75, 3.05) is 18.0 Å². The zero-order valence-electron chi connectivity index (χ0n) is 10.5. The van der Waals surface area contributed by atoms with Crippen LogP contribution in [0.15, 0.2) is 18.2 Å². The van der Waals surface area contributed by atoms with Crippen molar-refractivity contribution in [3.8, 4) is 5.75 Å². The molecule has 0 amide bonds. The number of aryl methyl sites for hydroxylation is 1. The molecular weight excluding hydrogens is 232 g/mol. The molecule has 0 spiro atoms. The molecule has 1 aliphatic heterocycles. The van der Waals surface area contributed by atoms with E-state index in [9.17, 15) is 0 Å². The molecule has 0 atom stereocenters. The van der Waals surface area contributed by atoms with E-state index in [-0.39, 0.29) is 5.60 Å². The number of benzene rings is 1. The molecule has 0 unspecified atom stereocenters. The van der Waals surface area contributed by atoms with E-state index in [0.29, 0.717) is 11.5 Å². The van der Waals surface area contributed by atoms with Crippen LogP contribution in [0.4, 0.5) is 5.69 Å². The number of rotatable bonds is 2. The SMILES string of the molecule is Cc1ccc2c(c1)N(CC(N)=S)CC(C)(C)O2. The summed E-state index contributed by atoms with van der Waals surface area (Å²) in [5, 5.41) is 0. The molecule has 1 aliphatic rings. The van der Waals surface area contributed by atoms with Gasteiger partial charge in [0.2, 0.25) is 0 Å². The van der Waals surface area contributed by atoms with Gasteiger partial charge in [0, 0.05) is 0 Å². The van der Waals surface area contributed by atoms with Gasteiger partial charge < -0.3 is 15.4 Å². The lowest BCUT2D eigenvalue weighted by atomic mass is 10.0. The Bertz CT molecular complexity index is 457. The van der Waals surface area contributed by atoms with E-state index < -0.39 is 0 Å². The van der Waals surface area contributed by atoms with E-state index in [1.807, 2.05) is 6.07 Å². The van der Waals surface area contributed by atoms with E-state index in [4.69, 9.17) is 22.7 Å². The average molecular weight is 250 g/mol. The van der Waals surface area contributed by atoms with Gasteiger partial charge in [-0.05, 0) is 38.5 Å². The molecule has 0 saturated heterocycles. The van der Waals surface area contributed by atoms with Gasteiger partial charge in [0.25, 0.3) is 0 Å². The third-order valence-corrected chi connectivity index (χ3v) is 2.89. The Hall–Kier alpha value is -1.29. The monoisotopic (exact) mass is 250 g/mol. The summed E-state index contributed by atoms with van der Waals surface area (Å²) in [4.78, 5) is 2.70. The molecule has 0 aromatic heterocycles. The van der Waals surface area contributed by atoms with Crippen LogP contribution in [0.1, 0.15) is 19.4 Å². The van der Waals surface area contributed by atoms with Gasteiger partial charge >= 0.3 is 0 Å². The number of thiocarbonyl (C=S) groups is 1. The average Bonchev–Trinajstić information content (AvgIpc) is 2.17. The van der Waals surface area contributed by atoms with Crippen molar-refractivity contribution >= 4 is 22.9 Å². The third-order valence-electron chi connectivity index (χ3n) is 2.76. The Kier molecular flexibility index (Phi) is 3.00.